The van der Waals surface area contributed by atoms with E-state index in [2.05, 4.69) is 27.9 Å². The Labute approximate surface area is 101 Å². The highest BCUT2D eigenvalue weighted by molar-refractivity contribution is 14.1. The molecule has 0 aliphatic heterocycles. The lowest BCUT2D eigenvalue weighted by Gasteiger charge is -2.13. The molecule has 1 unspecified atom stereocenters. The molecule has 0 saturated carbocycles. The summed E-state index contributed by atoms with van der Waals surface area (Å²) in [4.78, 5) is 0. The van der Waals surface area contributed by atoms with Crippen LogP contribution in [0, 0.1) is 16.3 Å². The SMILES string of the molecule is Cc1cc(F)cc(NCC(O)CO)c1I. The van der Waals surface area contributed by atoms with Gasteiger partial charge in [-0.2, -0.15) is 0 Å². The molecule has 3 N–H and O–H groups in total. The van der Waals surface area contributed by atoms with E-state index in [-0.39, 0.29) is 19.0 Å². The minimum Gasteiger partial charge on any atom is -0.394 e. The quantitative estimate of drug-likeness (QED) is 0.736. The van der Waals surface area contributed by atoms with Crippen LogP contribution in [0.1, 0.15) is 5.56 Å². The van der Waals surface area contributed by atoms with Gasteiger partial charge in [0.15, 0.2) is 0 Å². The Kier molecular flexibility index (Phi) is 4.75. The van der Waals surface area contributed by atoms with Gasteiger partial charge in [-0.1, -0.05) is 0 Å². The van der Waals surface area contributed by atoms with Gasteiger partial charge in [0.25, 0.3) is 0 Å². The van der Waals surface area contributed by atoms with Crippen LogP contribution in [0.2, 0.25) is 0 Å². The lowest BCUT2D eigenvalue weighted by molar-refractivity contribution is 0.105. The standard InChI is InChI=1S/C10H13FINO2/c1-6-2-7(11)3-9(10(6)12)13-4-8(15)5-14/h2-3,8,13-15H,4-5H2,1H3. The molecule has 0 aliphatic carbocycles. The molecule has 0 bridgehead atoms. The van der Waals surface area contributed by atoms with E-state index in [9.17, 15) is 4.39 Å². The van der Waals surface area contributed by atoms with E-state index in [1.165, 1.54) is 12.1 Å². The third-order valence-corrected chi connectivity index (χ3v) is 3.39. The topological polar surface area (TPSA) is 52.5 Å². The molecule has 84 valence electrons. The summed E-state index contributed by atoms with van der Waals surface area (Å²) in [6, 6.07) is 2.83. The average Bonchev–Trinajstić information content (AvgIpc) is 2.20. The number of rotatable bonds is 4. The highest BCUT2D eigenvalue weighted by Gasteiger charge is 2.07. The van der Waals surface area contributed by atoms with Crippen molar-refractivity contribution in [3.05, 3.63) is 27.1 Å². The fourth-order valence-electron chi connectivity index (χ4n) is 1.15. The van der Waals surface area contributed by atoms with Gasteiger partial charge in [-0.25, -0.2) is 4.39 Å². The Morgan fingerprint density at radius 2 is 2.20 bits per heavy atom. The molecule has 1 aromatic rings. The molecule has 0 amide bonds. The summed E-state index contributed by atoms with van der Waals surface area (Å²) >= 11 is 2.11. The van der Waals surface area contributed by atoms with Crippen molar-refractivity contribution < 1.29 is 14.6 Å². The second-order valence-electron chi connectivity index (χ2n) is 3.30. The highest BCUT2D eigenvalue weighted by atomic mass is 127. The van der Waals surface area contributed by atoms with E-state index < -0.39 is 6.10 Å². The molecule has 1 atom stereocenters. The minimum absolute atomic E-state index is 0.204. The van der Waals surface area contributed by atoms with Crippen molar-refractivity contribution in [3.63, 3.8) is 0 Å². The van der Waals surface area contributed by atoms with Crippen LogP contribution in [0.3, 0.4) is 0 Å². The first-order valence-corrected chi connectivity index (χ1v) is 5.61. The van der Waals surface area contributed by atoms with Gasteiger partial charge in [-0.05, 0) is 47.2 Å². The van der Waals surface area contributed by atoms with Gasteiger partial charge in [0.05, 0.1) is 18.4 Å². The van der Waals surface area contributed by atoms with Gasteiger partial charge >= 0.3 is 0 Å². The number of nitrogens with one attached hydrogen (secondary N) is 1. The van der Waals surface area contributed by atoms with E-state index in [1.807, 2.05) is 6.92 Å². The molecule has 0 aliphatic rings. The lowest BCUT2D eigenvalue weighted by Crippen LogP contribution is -2.23. The summed E-state index contributed by atoms with van der Waals surface area (Å²) in [7, 11) is 0. The number of aliphatic hydroxyl groups excluding tert-OH is 2. The fraction of sp³-hybridized carbons (Fsp3) is 0.400. The third kappa shape index (κ3) is 3.58. The normalized spacial score (nSPS) is 12.6. The molecule has 0 fully saturated rings. The molecule has 0 spiro atoms. The number of aryl methyl sites for hydroxylation is 1. The van der Waals surface area contributed by atoms with Crippen molar-refractivity contribution in [1.82, 2.24) is 0 Å². The van der Waals surface area contributed by atoms with E-state index in [4.69, 9.17) is 10.2 Å². The molecule has 0 saturated heterocycles. The largest absolute Gasteiger partial charge is 0.394 e. The first-order chi connectivity index (χ1) is 7.04. The number of anilines is 1. The highest BCUT2D eigenvalue weighted by Crippen LogP contribution is 2.23. The Hall–Kier alpha value is -0.400. The maximum Gasteiger partial charge on any atom is 0.125 e. The van der Waals surface area contributed by atoms with E-state index >= 15 is 0 Å². The molecule has 15 heavy (non-hydrogen) atoms. The Morgan fingerprint density at radius 3 is 2.80 bits per heavy atom. The monoisotopic (exact) mass is 325 g/mol. The zero-order valence-corrected chi connectivity index (χ0v) is 10.5. The zero-order valence-electron chi connectivity index (χ0n) is 8.30. The molecule has 1 aromatic carbocycles. The number of aliphatic hydroxyl groups is 2. The van der Waals surface area contributed by atoms with Crippen LogP contribution in [0.5, 0.6) is 0 Å². The summed E-state index contributed by atoms with van der Waals surface area (Å²) in [5.74, 6) is -0.311. The Bertz CT molecular complexity index is 346. The van der Waals surface area contributed by atoms with Crippen molar-refractivity contribution >= 4 is 28.3 Å². The first kappa shape index (κ1) is 12.7. The summed E-state index contributed by atoms with van der Waals surface area (Å²) in [6.07, 6.45) is -0.829. The fourth-order valence-corrected chi connectivity index (χ4v) is 1.65. The molecule has 0 radical (unpaired) electrons. The van der Waals surface area contributed by atoms with Gasteiger partial charge in [0, 0.05) is 10.1 Å². The van der Waals surface area contributed by atoms with Gasteiger partial charge in [0.2, 0.25) is 0 Å². The molecular weight excluding hydrogens is 312 g/mol. The van der Waals surface area contributed by atoms with Crippen LogP contribution >= 0.6 is 22.6 Å². The van der Waals surface area contributed by atoms with E-state index in [0.717, 1.165) is 9.13 Å². The van der Waals surface area contributed by atoms with Gasteiger partial charge in [-0.3, -0.25) is 0 Å². The zero-order chi connectivity index (χ0) is 11.4. The second kappa shape index (κ2) is 5.62. The van der Waals surface area contributed by atoms with Crippen molar-refractivity contribution in [3.8, 4) is 0 Å². The number of benzene rings is 1. The number of hydrogen-bond acceptors (Lipinski definition) is 3. The smallest absolute Gasteiger partial charge is 0.125 e. The summed E-state index contributed by atoms with van der Waals surface area (Å²) in [6.45, 7) is 1.71. The van der Waals surface area contributed by atoms with Crippen molar-refractivity contribution in [2.75, 3.05) is 18.5 Å². The third-order valence-electron chi connectivity index (χ3n) is 1.96. The molecule has 3 nitrogen and oxygen atoms in total. The van der Waals surface area contributed by atoms with Crippen molar-refractivity contribution in [2.24, 2.45) is 0 Å². The molecule has 1 rings (SSSR count). The maximum absolute atomic E-state index is 13.1. The van der Waals surface area contributed by atoms with Crippen LogP contribution in [0.4, 0.5) is 10.1 Å². The predicted octanol–water partition coefficient (Wildman–Crippen LogP) is 1.50. The molecule has 5 heteroatoms. The molecular formula is C10H13FINO2. The van der Waals surface area contributed by atoms with E-state index in [1.54, 1.807) is 0 Å². The summed E-state index contributed by atoms with van der Waals surface area (Å²) < 4.78 is 14.0. The second-order valence-corrected chi connectivity index (χ2v) is 4.38. The molecule has 0 aromatic heterocycles. The summed E-state index contributed by atoms with van der Waals surface area (Å²) in [5, 5.41) is 20.7. The van der Waals surface area contributed by atoms with Crippen LogP contribution < -0.4 is 5.32 Å². The van der Waals surface area contributed by atoms with Gasteiger partial charge in [-0.15, -0.1) is 0 Å². The number of hydrogen-bond donors (Lipinski definition) is 3. The van der Waals surface area contributed by atoms with Crippen molar-refractivity contribution in [1.29, 1.82) is 0 Å². The Morgan fingerprint density at radius 1 is 1.53 bits per heavy atom. The first-order valence-electron chi connectivity index (χ1n) is 4.53. The van der Waals surface area contributed by atoms with Crippen molar-refractivity contribution in [2.45, 2.75) is 13.0 Å². The Balaban J connectivity index is 2.76. The van der Waals surface area contributed by atoms with Gasteiger partial charge in [0.1, 0.15) is 5.82 Å². The molecule has 0 heterocycles. The number of halogens is 2. The van der Waals surface area contributed by atoms with E-state index in [0.29, 0.717) is 5.69 Å². The van der Waals surface area contributed by atoms with Crippen LogP contribution in [0.25, 0.3) is 0 Å². The summed E-state index contributed by atoms with van der Waals surface area (Å²) in [5.41, 5.74) is 1.48. The van der Waals surface area contributed by atoms with Crippen LogP contribution in [0.15, 0.2) is 12.1 Å². The minimum atomic E-state index is -0.829. The lowest BCUT2D eigenvalue weighted by atomic mass is 10.2. The van der Waals surface area contributed by atoms with Crippen LogP contribution in [-0.4, -0.2) is 29.5 Å². The van der Waals surface area contributed by atoms with Crippen LogP contribution in [-0.2, 0) is 0 Å². The predicted molar refractivity (Wildman–Crippen MR) is 65.4 cm³/mol. The average molecular weight is 325 g/mol. The maximum atomic E-state index is 13.1. The van der Waals surface area contributed by atoms with Gasteiger partial charge < -0.3 is 15.5 Å².